The van der Waals surface area contributed by atoms with E-state index in [0.29, 0.717) is 17.7 Å². The zero-order valence-corrected chi connectivity index (χ0v) is 16.5. The molecule has 0 radical (unpaired) electrons. The van der Waals surface area contributed by atoms with Crippen molar-refractivity contribution in [2.75, 3.05) is 13.2 Å². The molecule has 2 fully saturated rings. The maximum absolute atomic E-state index is 12.3. The Balaban J connectivity index is 1.30. The van der Waals surface area contributed by atoms with Crippen LogP contribution < -0.4 is 10.1 Å². The molecule has 1 heterocycles. The molecular formula is C25H29NO2. The number of carbonyl (C=O) groups is 1. The lowest BCUT2D eigenvalue weighted by molar-refractivity contribution is -0.125. The smallest absolute Gasteiger partial charge is 0.133 e. The van der Waals surface area contributed by atoms with Crippen LogP contribution in [0.2, 0.25) is 0 Å². The van der Waals surface area contributed by atoms with Crippen LogP contribution in [0.25, 0.3) is 0 Å². The first-order valence-electron chi connectivity index (χ1n) is 10.8. The van der Waals surface area contributed by atoms with Gasteiger partial charge in [-0.15, -0.1) is 0 Å². The predicted octanol–water partition coefficient (Wildman–Crippen LogP) is 4.22. The first-order valence-corrected chi connectivity index (χ1v) is 10.8. The summed E-state index contributed by atoms with van der Waals surface area (Å²) in [5.74, 6) is 2.04. The third-order valence-electron chi connectivity index (χ3n) is 7.19. The fourth-order valence-corrected chi connectivity index (χ4v) is 5.95. The number of piperidine rings is 1. The van der Waals surface area contributed by atoms with E-state index in [0.717, 1.165) is 63.8 Å². The predicted molar refractivity (Wildman–Crippen MR) is 111 cm³/mol. The van der Waals surface area contributed by atoms with Crippen LogP contribution >= 0.6 is 0 Å². The van der Waals surface area contributed by atoms with Crippen molar-refractivity contribution < 1.29 is 9.53 Å². The highest BCUT2D eigenvalue weighted by atomic mass is 16.5. The Morgan fingerprint density at radius 1 is 1.14 bits per heavy atom. The quantitative estimate of drug-likeness (QED) is 0.795. The molecule has 0 unspecified atom stereocenters. The summed E-state index contributed by atoms with van der Waals surface area (Å²) in [6.07, 6.45) is 6.77. The van der Waals surface area contributed by atoms with Gasteiger partial charge in [0.15, 0.2) is 0 Å². The van der Waals surface area contributed by atoms with Gasteiger partial charge in [0.05, 0.1) is 6.61 Å². The Morgan fingerprint density at radius 3 is 2.93 bits per heavy atom. The number of Topliss-reactive ketones (excluding diaryl/α,β-unsaturated/α-hetero) is 1. The van der Waals surface area contributed by atoms with E-state index in [1.54, 1.807) is 0 Å². The Bertz CT molecular complexity index is 862. The zero-order valence-electron chi connectivity index (χ0n) is 16.5. The molecule has 146 valence electrons. The number of hydrogen-bond acceptors (Lipinski definition) is 3. The summed E-state index contributed by atoms with van der Waals surface area (Å²) in [7, 11) is 0. The van der Waals surface area contributed by atoms with Gasteiger partial charge in [-0.1, -0.05) is 36.4 Å². The highest BCUT2D eigenvalue weighted by Gasteiger charge is 2.53. The monoisotopic (exact) mass is 375 g/mol. The Hall–Kier alpha value is -2.13. The number of hydrogen-bond donors (Lipinski definition) is 1. The Morgan fingerprint density at radius 2 is 2.04 bits per heavy atom. The Labute approximate surface area is 167 Å². The third kappa shape index (κ3) is 3.16. The molecule has 0 spiro atoms. The average molecular weight is 376 g/mol. The van der Waals surface area contributed by atoms with Crippen molar-refractivity contribution >= 4 is 5.78 Å². The lowest BCUT2D eigenvalue weighted by Crippen LogP contribution is -2.60. The number of rotatable bonds is 5. The van der Waals surface area contributed by atoms with Gasteiger partial charge in [-0.05, 0) is 73.4 Å². The standard InChI is InChI=1S/C25H29NO2/c27-20-8-10-23-24-16-19-15-21(28-14-4-7-18-5-2-1-3-6-18)9-11-22(19)25(23,17-20)12-13-26-24/h1-3,5-6,9,11,15,23-24,26H,4,7-8,10,12-14,16-17H2/t23-,24+,25+/m0/s1. The molecule has 28 heavy (non-hydrogen) atoms. The molecule has 3 nitrogen and oxygen atoms in total. The van der Waals surface area contributed by atoms with Crippen molar-refractivity contribution in [2.24, 2.45) is 5.92 Å². The van der Waals surface area contributed by atoms with Gasteiger partial charge in [-0.2, -0.15) is 0 Å². The van der Waals surface area contributed by atoms with Gasteiger partial charge < -0.3 is 10.1 Å². The summed E-state index contributed by atoms with van der Waals surface area (Å²) >= 11 is 0. The van der Waals surface area contributed by atoms with Crippen LogP contribution in [0.4, 0.5) is 0 Å². The molecule has 5 rings (SSSR count). The van der Waals surface area contributed by atoms with E-state index in [9.17, 15) is 4.79 Å². The van der Waals surface area contributed by atoms with Crippen LogP contribution in [0.1, 0.15) is 48.8 Å². The number of ether oxygens (including phenoxy) is 1. The van der Waals surface area contributed by atoms with E-state index in [4.69, 9.17) is 4.74 Å². The van der Waals surface area contributed by atoms with E-state index in [2.05, 4.69) is 53.8 Å². The molecule has 2 bridgehead atoms. The van der Waals surface area contributed by atoms with Crippen molar-refractivity contribution in [3.8, 4) is 5.75 Å². The van der Waals surface area contributed by atoms with Crippen molar-refractivity contribution in [3.05, 3.63) is 65.2 Å². The zero-order chi connectivity index (χ0) is 19.0. The first-order chi connectivity index (χ1) is 13.7. The highest BCUT2D eigenvalue weighted by Crippen LogP contribution is 2.53. The summed E-state index contributed by atoms with van der Waals surface area (Å²) in [4.78, 5) is 12.3. The highest BCUT2D eigenvalue weighted by molar-refractivity contribution is 5.81. The minimum absolute atomic E-state index is 0.0741. The number of fused-ring (bicyclic) bond motifs is 1. The van der Waals surface area contributed by atoms with Gasteiger partial charge in [0, 0.05) is 24.3 Å². The molecule has 3 aliphatic rings. The molecule has 2 aromatic carbocycles. The second-order valence-corrected chi connectivity index (χ2v) is 8.79. The molecule has 3 atom stereocenters. The minimum Gasteiger partial charge on any atom is -0.494 e. The maximum atomic E-state index is 12.3. The van der Waals surface area contributed by atoms with Crippen molar-refractivity contribution in [2.45, 2.75) is 56.4 Å². The Kier molecular flexibility index (Phi) is 4.72. The molecule has 2 aliphatic carbocycles. The van der Waals surface area contributed by atoms with Crippen LogP contribution in [0, 0.1) is 5.92 Å². The van der Waals surface area contributed by atoms with E-state index < -0.39 is 0 Å². The molecule has 2 aromatic rings. The van der Waals surface area contributed by atoms with E-state index in [1.165, 1.54) is 16.7 Å². The number of aryl methyl sites for hydroxylation is 1. The van der Waals surface area contributed by atoms with E-state index >= 15 is 0 Å². The fourth-order valence-electron chi connectivity index (χ4n) is 5.95. The van der Waals surface area contributed by atoms with Gasteiger partial charge in [-0.3, -0.25) is 4.79 Å². The van der Waals surface area contributed by atoms with E-state index in [1.807, 2.05) is 0 Å². The maximum Gasteiger partial charge on any atom is 0.133 e. The van der Waals surface area contributed by atoms with Gasteiger partial charge >= 0.3 is 0 Å². The molecule has 1 aliphatic heterocycles. The van der Waals surface area contributed by atoms with Crippen molar-refractivity contribution in [1.29, 1.82) is 0 Å². The van der Waals surface area contributed by atoms with Crippen LogP contribution in [0.5, 0.6) is 5.75 Å². The molecular weight excluding hydrogens is 346 g/mol. The largest absolute Gasteiger partial charge is 0.494 e. The SMILES string of the molecule is O=C1CC[C@H]2[C@H]3Cc4cc(OCCCc5ccccc5)ccc4[C@@]2(CCN3)C1. The summed E-state index contributed by atoms with van der Waals surface area (Å²) in [5.41, 5.74) is 4.26. The van der Waals surface area contributed by atoms with Gasteiger partial charge in [0.1, 0.15) is 11.5 Å². The lowest BCUT2D eigenvalue weighted by atomic mass is 9.52. The van der Waals surface area contributed by atoms with Crippen LogP contribution in [-0.4, -0.2) is 25.0 Å². The molecule has 3 heteroatoms. The van der Waals surface area contributed by atoms with Crippen LogP contribution in [0.15, 0.2) is 48.5 Å². The second-order valence-electron chi connectivity index (χ2n) is 8.79. The minimum atomic E-state index is 0.0741. The lowest BCUT2D eigenvalue weighted by Gasteiger charge is -2.55. The first kappa shape index (κ1) is 17.9. The summed E-state index contributed by atoms with van der Waals surface area (Å²) < 4.78 is 6.08. The number of ketones is 1. The topological polar surface area (TPSA) is 38.3 Å². The van der Waals surface area contributed by atoms with Crippen LogP contribution in [-0.2, 0) is 23.1 Å². The molecule has 1 saturated heterocycles. The second kappa shape index (κ2) is 7.36. The fraction of sp³-hybridized carbons (Fsp3) is 0.480. The molecule has 1 N–H and O–H groups in total. The summed E-state index contributed by atoms with van der Waals surface area (Å²) in [6.45, 7) is 1.77. The summed E-state index contributed by atoms with van der Waals surface area (Å²) in [5, 5.41) is 3.74. The normalized spacial score (nSPS) is 28.4. The molecule has 0 amide bonds. The van der Waals surface area contributed by atoms with Crippen molar-refractivity contribution in [3.63, 3.8) is 0 Å². The van der Waals surface area contributed by atoms with Gasteiger partial charge in [0.25, 0.3) is 0 Å². The van der Waals surface area contributed by atoms with Gasteiger partial charge in [-0.25, -0.2) is 0 Å². The van der Waals surface area contributed by atoms with E-state index in [-0.39, 0.29) is 5.41 Å². The third-order valence-corrected chi connectivity index (χ3v) is 7.19. The number of nitrogens with one attached hydrogen (secondary N) is 1. The van der Waals surface area contributed by atoms with Crippen LogP contribution in [0.3, 0.4) is 0 Å². The molecule has 0 aromatic heterocycles. The summed E-state index contributed by atoms with van der Waals surface area (Å²) in [6, 6.07) is 17.8. The number of benzene rings is 2. The molecule has 1 saturated carbocycles. The number of carbonyl (C=O) groups excluding carboxylic acids is 1. The average Bonchev–Trinajstić information content (AvgIpc) is 2.71. The van der Waals surface area contributed by atoms with Gasteiger partial charge in [0.2, 0.25) is 0 Å². The van der Waals surface area contributed by atoms with Crippen molar-refractivity contribution in [1.82, 2.24) is 5.32 Å².